The molecule has 2 aromatic carbocycles. The van der Waals surface area contributed by atoms with Crippen molar-refractivity contribution in [2.45, 2.75) is 11.7 Å². The summed E-state index contributed by atoms with van der Waals surface area (Å²) in [7, 11) is 0. The van der Waals surface area contributed by atoms with Gasteiger partial charge in [-0.1, -0.05) is 0 Å². The molecular formula is C14H14N2Se. The second-order valence-electron chi connectivity index (χ2n) is 4.26. The molecule has 2 aromatic rings. The van der Waals surface area contributed by atoms with Crippen molar-refractivity contribution in [1.29, 1.82) is 0 Å². The Morgan fingerprint density at radius 3 is 2.76 bits per heavy atom. The first-order chi connectivity index (χ1) is 8.31. The number of aliphatic imine (C=N–C) groups is 1. The molecule has 0 aliphatic carbocycles. The molecule has 0 fully saturated rings. The van der Waals surface area contributed by atoms with E-state index in [0.29, 0.717) is 15.0 Å². The van der Waals surface area contributed by atoms with Gasteiger partial charge in [0.15, 0.2) is 0 Å². The van der Waals surface area contributed by atoms with Crippen molar-refractivity contribution in [3.63, 3.8) is 0 Å². The molecule has 1 heterocycles. The van der Waals surface area contributed by atoms with E-state index in [9.17, 15) is 0 Å². The van der Waals surface area contributed by atoms with Gasteiger partial charge in [0.05, 0.1) is 0 Å². The summed E-state index contributed by atoms with van der Waals surface area (Å²) in [6, 6.07) is 14.9. The number of fused-ring (bicyclic) bond motifs is 1. The van der Waals surface area contributed by atoms with Crippen LogP contribution >= 0.6 is 0 Å². The van der Waals surface area contributed by atoms with Crippen LogP contribution in [0.3, 0.4) is 0 Å². The number of rotatable bonds is 1. The van der Waals surface area contributed by atoms with Gasteiger partial charge in [0.2, 0.25) is 0 Å². The molecule has 1 aliphatic heterocycles. The van der Waals surface area contributed by atoms with Crippen molar-refractivity contribution in [2.75, 3.05) is 11.9 Å². The summed E-state index contributed by atoms with van der Waals surface area (Å²) >= 11 is 0.506. The monoisotopic (exact) mass is 290 g/mol. The maximum atomic E-state index is 4.53. The molecule has 0 spiro atoms. The quantitative estimate of drug-likeness (QED) is 0.801. The van der Waals surface area contributed by atoms with E-state index in [2.05, 4.69) is 59.7 Å². The van der Waals surface area contributed by atoms with E-state index < -0.39 is 0 Å². The van der Waals surface area contributed by atoms with E-state index in [-0.39, 0.29) is 0 Å². The first kappa shape index (κ1) is 10.8. The molecule has 1 N–H and O–H groups in total. The minimum atomic E-state index is 0.506. The summed E-state index contributed by atoms with van der Waals surface area (Å²) < 4.78 is 1.18. The zero-order chi connectivity index (χ0) is 11.7. The van der Waals surface area contributed by atoms with Crippen LogP contribution in [0.1, 0.15) is 6.92 Å². The topological polar surface area (TPSA) is 24.4 Å². The van der Waals surface area contributed by atoms with Crippen LogP contribution in [0, 0.1) is 0 Å². The molecule has 0 saturated carbocycles. The predicted octanol–water partition coefficient (Wildman–Crippen LogP) is 3.13. The Balaban J connectivity index is 1.86. The molecule has 17 heavy (non-hydrogen) atoms. The van der Waals surface area contributed by atoms with Crippen LogP contribution in [0.25, 0.3) is 10.8 Å². The number of benzene rings is 2. The Morgan fingerprint density at radius 2 is 2.00 bits per heavy atom. The zero-order valence-electron chi connectivity index (χ0n) is 9.68. The summed E-state index contributed by atoms with van der Waals surface area (Å²) in [6.07, 6.45) is 0. The standard InChI is InChI=1S/C14H14N2Se/c1-10-9-15-14(17-10)16-13-7-6-11-4-2-3-5-12(11)8-13/h2-8,10H,9H2,1H3,(H,15,16). The molecule has 0 radical (unpaired) electrons. The molecule has 3 heteroatoms. The van der Waals surface area contributed by atoms with Crippen molar-refractivity contribution in [3.8, 4) is 0 Å². The van der Waals surface area contributed by atoms with Crippen LogP contribution in [0.15, 0.2) is 47.5 Å². The van der Waals surface area contributed by atoms with Crippen molar-refractivity contribution in [2.24, 2.45) is 4.99 Å². The Hall–Kier alpha value is -1.31. The second kappa shape index (κ2) is 4.52. The van der Waals surface area contributed by atoms with E-state index in [1.807, 2.05) is 0 Å². The fourth-order valence-corrected chi connectivity index (χ4v) is 3.73. The first-order valence-electron chi connectivity index (χ1n) is 5.78. The molecule has 0 aromatic heterocycles. The number of hydrogen-bond acceptors (Lipinski definition) is 2. The van der Waals surface area contributed by atoms with Gasteiger partial charge in [0, 0.05) is 0 Å². The van der Waals surface area contributed by atoms with Crippen molar-refractivity contribution in [3.05, 3.63) is 42.5 Å². The third-order valence-corrected chi connectivity index (χ3v) is 4.92. The Labute approximate surface area is 107 Å². The third kappa shape index (κ3) is 2.36. The summed E-state index contributed by atoms with van der Waals surface area (Å²) in [4.78, 5) is 5.27. The molecule has 1 atom stereocenters. The Bertz CT molecular complexity index is 577. The van der Waals surface area contributed by atoms with E-state index in [0.717, 1.165) is 17.0 Å². The molecular weight excluding hydrogens is 275 g/mol. The van der Waals surface area contributed by atoms with E-state index in [1.54, 1.807) is 0 Å². The van der Waals surface area contributed by atoms with E-state index in [4.69, 9.17) is 0 Å². The van der Waals surface area contributed by atoms with Gasteiger partial charge >= 0.3 is 107 Å². The average molecular weight is 289 g/mol. The van der Waals surface area contributed by atoms with Gasteiger partial charge in [-0.15, -0.1) is 0 Å². The molecule has 0 bridgehead atoms. The molecule has 0 saturated heterocycles. The second-order valence-corrected chi connectivity index (χ2v) is 7.26. The van der Waals surface area contributed by atoms with E-state index in [1.165, 1.54) is 15.5 Å². The van der Waals surface area contributed by atoms with Crippen LogP contribution in [0.4, 0.5) is 5.69 Å². The predicted molar refractivity (Wildman–Crippen MR) is 75.1 cm³/mol. The van der Waals surface area contributed by atoms with Crippen molar-refractivity contribution < 1.29 is 0 Å². The third-order valence-electron chi connectivity index (χ3n) is 2.81. The molecule has 1 unspecified atom stereocenters. The van der Waals surface area contributed by atoms with Gasteiger partial charge in [-0.2, -0.15) is 0 Å². The zero-order valence-corrected chi connectivity index (χ0v) is 11.4. The van der Waals surface area contributed by atoms with Crippen LogP contribution in [-0.2, 0) is 0 Å². The molecule has 1 aliphatic rings. The molecule has 2 nitrogen and oxygen atoms in total. The van der Waals surface area contributed by atoms with Gasteiger partial charge in [-0.25, -0.2) is 0 Å². The van der Waals surface area contributed by atoms with Gasteiger partial charge in [-0.3, -0.25) is 0 Å². The number of anilines is 1. The number of hydrogen-bond donors (Lipinski definition) is 1. The van der Waals surface area contributed by atoms with Gasteiger partial charge in [-0.05, 0) is 0 Å². The fourth-order valence-electron chi connectivity index (χ4n) is 1.94. The summed E-state index contributed by atoms with van der Waals surface area (Å²) in [5.74, 6) is 0. The van der Waals surface area contributed by atoms with Gasteiger partial charge in [0.25, 0.3) is 0 Å². The number of nitrogens with zero attached hydrogens (tertiary/aromatic N) is 1. The Kier molecular flexibility index (Phi) is 2.87. The van der Waals surface area contributed by atoms with Crippen LogP contribution in [-0.4, -0.2) is 26.2 Å². The van der Waals surface area contributed by atoms with Crippen LogP contribution in [0.2, 0.25) is 4.82 Å². The van der Waals surface area contributed by atoms with E-state index >= 15 is 0 Å². The Morgan fingerprint density at radius 1 is 1.18 bits per heavy atom. The van der Waals surface area contributed by atoms with Crippen molar-refractivity contribution >= 4 is 36.2 Å². The number of nitrogens with one attached hydrogen (secondary N) is 1. The normalized spacial score (nSPS) is 19.4. The minimum absolute atomic E-state index is 0.506. The van der Waals surface area contributed by atoms with Crippen LogP contribution in [0.5, 0.6) is 0 Å². The summed E-state index contributed by atoms with van der Waals surface area (Å²) in [5, 5.41) is 6.00. The maximum absolute atomic E-state index is 4.53. The average Bonchev–Trinajstić information content (AvgIpc) is 2.75. The van der Waals surface area contributed by atoms with Crippen LogP contribution < -0.4 is 5.32 Å². The molecule has 0 amide bonds. The summed E-state index contributed by atoms with van der Waals surface area (Å²) in [5.41, 5.74) is 1.15. The number of amidine groups is 1. The first-order valence-corrected chi connectivity index (χ1v) is 7.63. The van der Waals surface area contributed by atoms with Crippen molar-refractivity contribution in [1.82, 2.24) is 0 Å². The fraction of sp³-hybridized carbons (Fsp3) is 0.214. The molecule has 86 valence electrons. The van der Waals surface area contributed by atoms with Gasteiger partial charge < -0.3 is 0 Å². The molecule has 3 rings (SSSR count). The van der Waals surface area contributed by atoms with Gasteiger partial charge in [0.1, 0.15) is 0 Å². The SMILES string of the molecule is CC1CN=C(Nc2ccc3ccccc3c2)[Se]1. The summed E-state index contributed by atoms with van der Waals surface area (Å²) in [6.45, 7) is 3.24.